The summed E-state index contributed by atoms with van der Waals surface area (Å²) in [5.41, 5.74) is 4.30. The lowest BCUT2D eigenvalue weighted by Gasteiger charge is -2.34. The summed E-state index contributed by atoms with van der Waals surface area (Å²) in [6, 6.07) is 16.7. The molecule has 2 N–H and O–H groups in total. The van der Waals surface area contributed by atoms with Crippen LogP contribution in [0.5, 0.6) is 0 Å². The number of hydrogen-bond donors (Lipinski definition) is 2. The van der Waals surface area contributed by atoms with Crippen molar-refractivity contribution in [1.82, 2.24) is 4.90 Å². The first-order chi connectivity index (χ1) is 15.9. The van der Waals surface area contributed by atoms with Gasteiger partial charge in [0.25, 0.3) is 0 Å². The lowest BCUT2D eigenvalue weighted by atomic mass is 9.85. The van der Waals surface area contributed by atoms with Crippen molar-refractivity contribution in [3.05, 3.63) is 93.8 Å². The van der Waals surface area contributed by atoms with Crippen LogP contribution in [-0.2, 0) is 12.8 Å². The average Bonchev–Trinajstić information content (AvgIpc) is 2.82. The van der Waals surface area contributed by atoms with Crippen molar-refractivity contribution >= 4 is 24.0 Å². The molecule has 170 valence electrons. The molecule has 0 spiro atoms. The van der Waals surface area contributed by atoms with Gasteiger partial charge in [0.1, 0.15) is 5.82 Å². The molecule has 1 aliphatic rings. The van der Waals surface area contributed by atoms with E-state index >= 15 is 0 Å². The third-order valence-electron chi connectivity index (χ3n) is 6.18. The van der Waals surface area contributed by atoms with Gasteiger partial charge in [-0.15, -0.1) is 0 Å². The van der Waals surface area contributed by atoms with Gasteiger partial charge in [0, 0.05) is 11.1 Å². The van der Waals surface area contributed by atoms with E-state index < -0.39 is 18.0 Å². The highest BCUT2D eigenvalue weighted by Crippen LogP contribution is 2.31. The predicted molar refractivity (Wildman–Crippen MR) is 124 cm³/mol. The number of fused-ring (bicyclic) bond motifs is 1. The number of benzene rings is 3. The Morgan fingerprint density at radius 2 is 1.79 bits per heavy atom. The molecular weight excluding hydrogens is 445 g/mol. The Morgan fingerprint density at radius 3 is 2.48 bits per heavy atom. The molecule has 4 rings (SSSR count). The third kappa shape index (κ3) is 5.07. The van der Waals surface area contributed by atoms with Crippen molar-refractivity contribution < 1.29 is 24.2 Å². The summed E-state index contributed by atoms with van der Waals surface area (Å²) in [5, 5.41) is 21.0. The minimum Gasteiger partial charge on any atom is -0.465 e. The molecule has 0 unspecified atom stereocenters. The van der Waals surface area contributed by atoms with Gasteiger partial charge in [-0.3, -0.25) is 4.79 Å². The standard InChI is InChI=1S/C26H23ClFNO4/c27-22-7-3-17(4-8-22)25(31)14-29(26(32)33)23-9-5-16-1-2-18(11-20(16)13-23)19-6-10-24(28)21(12-19)15-30/h1-4,6-8,10-12,15,23,25,31H,5,9,13-14H2,(H,32,33)/t23-,25+/m0/s1. The highest BCUT2D eigenvalue weighted by molar-refractivity contribution is 6.30. The van der Waals surface area contributed by atoms with Crippen LogP contribution >= 0.6 is 11.6 Å². The normalized spacial score (nSPS) is 16.0. The SMILES string of the molecule is O=Cc1cc(-c2ccc3c(c2)C[C@@H](N(C[C@@H](O)c2ccc(Cl)cc2)C(=O)O)CC3)ccc1F. The largest absolute Gasteiger partial charge is 0.465 e. The molecule has 0 aromatic heterocycles. The number of aliphatic hydroxyl groups is 1. The minimum atomic E-state index is -1.08. The number of carboxylic acid groups (broad SMARTS) is 1. The molecule has 0 aliphatic heterocycles. The Hall–Kier alpha value is -3.22. The van der Waals surface area contributed by atoms with Gasteiger partial charge in [-0.2, -0.15) is 0 Å². The molecule has 0 radical (unpaired) electrons. The molecule has 1 amide bonds. The Balaban J connectivity index is 1.55. The zero-order valence-corrected chi connectivity index (χ0v) is 18.5. The maximum atomic E-state index is 13.7. The molecule has 5 nitrogen and oxygen atoms in total. The number of carbonyl (C=O) groups is 2. The zero-order valence-electron chi connectivity index (χ0n) is 17.7. The van der Waals surface area contributed by atoms with Crippen LogP contribution in [-0.4, -0.2) is 40.1 Å². The fraction of sp³-hybridized carbons (Fsp3) is 0.231. The van der Waals surface area contributed by atoms with Crippen LogP contribution in [0.4, 0.5) is 9.18 Å². The van der Waals surface area contributed by atoms with E-state index in [4.69, 9.17) is 11.6 Å². The van der Waals surface area contributed by atoms with Crippen LogP contribution in [0.25, 0.3) is 11.1 Å². The highest BCUT2D eigenvalue weighted by atomic mass is 35.5. The predicted octanol–water partition coefficient (Wildman–Crippen LogP) is 5.53. The number of rotatable bonds is 6. The summed E-state index contributed by atoms with van der Waals surface area (Å²) < 4.78 is 13.7. The van der Waals surface area contributed by atoms with Gasteiger partial charge in [0.05, 0.1) is 18.2 Å². The number of amides is 1. The van der Waals surface area contributed by atoms with E-state index in [1.54, 1.807) is 30.3 Å². The van der Waals surface area contributed by atoms with E-state index in [1.165, 1.54) is 17.0 Å². The summed E-state index contributed by atoms with van der Waals surface area (Å²) in [7, 11) is 0. The fourth-order valence-electron chi connectivity index (χ4n) is 4.36. The smallest absolute Gasteiger partial charge is 0.407 e. The van der Waals surface area contributed by atoms with Crippen molar-refractivity contribution in [2.45, 2.75) is 31.4 Å². The number of aliphatic hydroxyl groups excluding tert-OH is 1. The van der Waals surface area contributed by atoms with Crippen molar-refractivity contribution in [3.8, 4) is 11.1 Å². The summed E-state index contributed by atoms with van der Waals surface area (Å²) in [6.07, 6.45) is 0.310. The number of nitrogens with zero attached hydrogens (tertiary/aromatic N) is 1. The van der Waals surface area contributed by atoms with E-state index in [2.05, 4.69) is 0 Å². The Kier molecular flexibility index (Phi) is 6.77. The maximum Gasteiger partial charge on any atom is 0.407 e. The molecule has 3 aromatic carbocycles. The molecule has 2 atom stereocenters. The number of halogens is 2. The lowest BCUT2D eigenvalue weighted by molar-refractivity contribution is 0.0727. The molecule has 0 saturated carbocycles. The number of hydrogen-bond acceptors (Lipinski definition) is 3. The van der Waals surface area contributed by atoms with E-state index in [1.807, 2.05) is 18.2 Å². The van der Waals surface area contributed by atoms with Crippen LogP contribution in [0.1, 0.15) is 39.6 Å². The molecule has 1 aliphatic carbocycles. The minimum absolute atomic E-state index is 0.00339. The maximum absolute atomic E-state index is 13.7. The average molecular weight is 468 g/mol. The van der Waals surface area contributed by atoms with Gasteiger partial charge in [0.15, 0.2) is 6.29 Å². The van der Waals surface area contributed by atoms with Crippen LogP contribution in [0.3, 0.4) is 0 Å². The fourth-order valence-corrected chi connectivity index (χ4v) is 4.48. The van der Waals surface area contributed by atoms with Gasteiger partial charge >= 0.3 is 6.09 Å². The lowest BCUT2D eigenvalue weighted by Crippen LogP contribution is -2.44. The monoisotopic (exact) mass is 467 g/mol. The molecule has 33 heavy (non-hydrogen) atoms. The van der Waals surface area contributed by atoms with Crippen molar-refractivity contribution in [2.24, 2.45) is 0 Å². The summed E-state index contributed by atoms with van der Waals surface area (Å²) in [5.74, 6) is -0.567. The molecule has 0 fully saturated rings. The number of carbonyl (C=O) groups excluding carboxylic acids is 1. The number of aryl methyl sites for hydroxylation is 1. The van der Waals surface area contributed by atoms with Gasteiger partial charge < -0.3 is 15.1 Å². The summed E-state index contributed by atoms with van der Waals surface area (Å²) in [6.45, 7) is -0.0443. The molecule has 0 heterocycles. The Labute approximate surface area is 196 Å². The van der Waals surface area contributed by atoms with Gasteiger partial charge in [-0.1, -0.05) is 48.0 Å². The molecule has 7 heteroatoms. The molecular formula is C26H23ClFNO4. The summed E-state index contributed by atoms with van der Waals surface area (Å²) in [4.78, 5) is 24.5. The zero-order chi connectivity index (χ0) is 23.5. The van der Waals surface area contributed by atoms with E-state index in [0.29, 0.717) is 36.1 Å². The molecule has 0 bridgehead atoms. The van der Waals surface area contributed by atoms with E-state index in [0.717, 1.165) is 22.3 Å². The molecule has 3 aromatic rings. The van der Waals surface area contributed by atoms with E-state index in [-0.39, 0.29) is 18.2 Å². The quantitative estimate of drug-likeness (QED) is 0.467. The highest BCUT2D eigenvalue weighted by Gasteiger charge is 2.29. The second kappa shape index (κ2) is 9.73. The Bertz CT molecular complexity index is 1180. The van der Waals surface area contributed by atoms with Crippen LogP contribution < -0.4 is 0 Å². The first-order valence-corrected chi connectivity index (χ1v) is 11.0. The summed E-state index contributed by atoms with van der Waals surface area (Å²) >= 11 is 5.90. The van der Waals surface area contributed by atoms with Crippen molar-refractivity contribution in [3.63, 3.8) is 0 Å². The number of aldehydes is 1. The van der Waals surface area contributed by atoms with Crippen LogP contribution in [0.2, 0.25) is 5.02 Å². The van der Waals surface area contributed by atoms with Gasteiger partial charge in [0.2, 0.25) is 0 Å². The second-order valence-electron chi connectivity index (χ2n) is 8.24. The third-order valence-corrected chi connectivity index (χ3v) is 6.43. The van der Waals surface area contributed by atoms with Gasteiger partial charge in [-0.25, -0.2) is 9.18 Å². The second-order valence-corrected chi connectivity index (χ2v) is 8.67. The first kappa shape index (κ1) is 23.0. The first-order valence-electron chi connectivity index (χ1n) is 10.7. The van der Waals surface area contributed by atoms with Crippen LogP contribution in [0, 0.1) is 5.82 Å². The van der Waals surface area contributed by atoms with Crippen molar-refractivity contribution in [1.29, 1.82) is 0 Å². The molecule has 0 saturated heterocycles. The Morgan fingerprint density at radius 1 is 1.09 bits per heavy atom. The van der Waals surface area contributed by atoms with E-state index in [9.17, 15) is 24.2 Å². The van der Waals surface area contributed by atoms with Gasteiger partial charge in [-0.05, 0) is 71.3 Å². The van der Waals surface area contributed by atoms with Crippen molar-refractivity contribution in [2.75, 3.05) is 6.54 Å². The topological polar surface area (TPSA) is 77.8 Å². The van der Waals surface area contributed by atoms with Crippen LogP contribution in [0.15, 0.2) is 60.7 Å².